The van der Waals surface area contributed by atoms with Crippen LogP contribution in [0.25, 0.3) is 0 Å². The minimum Gasteiger partial charge on any atom is -0.323 e. The Bertz CT molecular complexity index is 554. The zero-order valence-corrected chi connectivity index (χ0v) is 9.21. The number of fused-ring (bicyclic) bond motifs is 1. The molecule has 86 valence electrons. The molecule has 0 saturated heterocycles. The van der Waals surface area contributed by atoms with Crippen LogP contribution in [0.15, 0.2) is 24.3 Å². The van der Waals surface area contributed by atoms with Crippen LogP contribution in [-0.4, -0.2) is 25.9 Å². The topological polar surface area (TPSA) is 95.5 Å². The fourth-order valence-electron chi connectivity index (χ4n) is 1.87. The van der Waals surface area contributed by atoms with Crippen LogP contribution in [-0.2, 0) is 19.8 Å². The van der Waals surface area contributed by atoms with E-state index in [1.54, 1.807) is 18.2 Å². The van der Waals surface area contributed by atoms with Crippen LogP contribution in [0, 0.1) is 0 Å². The average Bonchev–Trinajstić information content (AvgIpc) is 2.49. The second-order valence-electron chi connectivity index (χ2n) is 3.41. The maximum atomic E-state index is 11.7. The van der Waals surface area contributed by atoms with E-state index in [0.717, 1.165) is 0 Å². The number of carbonyl (C=O) groups excluding carboxylic acids is 1. The van der Waals surface area contributed by atoms with Gasteiger partial charge in [-0.1, -0.05) is 18.2 Å². The summed E-state index contributed by atoms with van der Waals surface area (Å²) in [6.45, 7) is 0. The molecule has 0 fully saturated rings. The summed E-state index contributed by atoms with van der Waals surface area (Å²) in [4.78, 5) is 9.61. The van der Waals surface area contributed by atoms with E-state index in [4.69, 9.17) is 0 Å². The summed E-state index contributed by atoms with van der Waals surface area (Å²) in [5.41, 5.74) is 0.574. The number of carbonyl (C=O) groups is 1. The number of amides is 1. The highest BCUT2D eigenvalue weighted by atomic mass is 32.2. The van der Waals surface area contributed by atoms with E-state index in [9.17, 15) is 17.8 Å². The summed E-state index contributed by atoms with van der Waals surface area (Å²) in [5.74, 6) is -0.807. The van der Waals surface area contributed by atoms with Gasteiger partial charge in [0.2, 0.25) is 0 Å². The SMILES string of the molecule is CNC1(S(=O)(=O)O)C(=O)Nc2ccccc21. The van der Waals surface area contributed by atoms with Gasteiger partial charge in [0.1, 0.15) is 0 Å². The minimum absolute atomic E-state index is 0.199. The highest BCUT2D eigenvalue weighted by Gasteiger charge is 2.55. The Morgan fingerprint density at radius 2 is 2.00 bits per heavy atom. The lowest BCUT2D eigenvalue weighted by Gasteiger charge is -2.22. The highest BCUT2D eigenvalue weighted by molar-refractivity contribution is 7.87. The van der Waals surface area contributed by atoms with Crippen molar-refractivity contribution in [1.29, 1.82) is 0 Å². The lowest BCUT2D eigenvalue weighted by Crippen LogP contribution is -2.52. The monoisotopic (exact) mass is 242 g/mol. The quantitative estimate of drug-likeness (QED) is 0.629. The van der Waals surface area contributed by atoms with Gasteiger partial charge in [-0.3, -0.25) is 14.7 Å². The maximum absolute atomic E-state index is 11.7. The molecule has 3 N–H and O–H groups in total. The molecule has 1 aliphatic heterocycles. The lowest BCUT2D eigenvalue weighted by atomic mass is 10.1. The summed E-state index contributed by atoms with van der Waals surface area (Å²) < 4.78 is 32.0. The summed E-state index contributed by atoms with van der Waals surface area (Å²) in [6.07, 6.45) is 0. The highest BCUT2D eigenvalue weighted by Crippen LogP contribution is 2.38. The molecule has 1 aliphatic rings. The van der Waals surface area contributed by atoms with Crippen LogP contribution in [0.4, 0.5) is 5.69 Å². The summed E-state index contributed by atoms with van der Waals surface area (Å²) >= 11 is 0. The molecule has 1 aromatic carbocycles. The van der Waals surface area contributed by atoms with Gasteiger partial charge < -0.3 is 5.32 Å². The molecule has 1 atom stereocenters. The van der Waals surface area contributed by atoms with Crippen LogP contribution in [0.5, 0.6) is 0 Å². The second kappa shape index (κ2) is 3.27. The molecule has 0 aliphatic carbocycles. The Hall–Kier alpha value is -1.44. The third-order valence-corrected chi connectivity index (χ3v) is 4.00. The molecule has 0 spiro atoms. The zero-order chi connectivity index (χ0) is 12.0. The first-order chi connectivity index (χ1) is 7.43. The summed E-state index contributed by atoms with van der Waals surface area (Å²) in [5, 5.41) is 4.78. The van der Waals surface area contributed by atoms with Crippen LogP contribution < -0.4 is 10.6 Å². The first-order valence-electron chi connectivity index (χ1n) is 4.50. The predicted molar refractivity (Wildman–Crippen MR) is 57.4 cm³/mol. The van der Waals surface area contributed by atoms with Gasteiger partial charge in [0.05, 0.1) is 0 Å². The molecule has 0 bridgehead atoms. The molecule has 0 aromatic heterocycles. The average molecular weight is 242 g/mol. The number of para-hydroxylation sites is 1. The molecule has 16 heavy (non-hydrogen) atoms. The second-order valence-corrected chi connectivity index (χ2v) is 4.97. The molecular weight excluding hydrogens is 232 g/mol. The van der Waals surface area contributed by atoms with Crippen molar-refractivity contribution in [1.82, 2.24) is 5.32 Å². The summed E-state index contributed by atoms with van der Waals surface area (Å²) in [6, 6.07) is 6.29. The van der Waals surface area contributed by atoms with Crippen molar-refractivity contribution in [3.05, 3.63) is 29.8 Å². The van der Waals surface area contributed by atoms with Crippen LogP contribution in [0.1, 0.15) is 5.56 Å². The Morgan fingerprint density at radius 1 is 1.38 bits per heavy atom. The number of nitrogens with one attached hydrogen (secondary N) is 2. The largest absolute Gasteiger partial charge is 0.323 e. The van der Waals surface area contributed by atoms with Gasteiger partial charge in [0.15, 0.2) is 0 Å². The van der Waals surface area contributed by atoms with Crippen molar-refractivity contribution >= 4 is 21.7 Å². The molecule has 2 rings (SSSR count). The third kappa shape index (κ3) is 1.19. The summed E-state index contributed by atoms with van der Waals surface area (Å²) in [7, 11) is -3.30. The van der Waals surface area contributed by atoms with E-state index in [0.29, 0.717) is 5.69 Å². The van der Waals surface area contributed by atoms with Crippen molar-refractivity contribution in [3.8, 4) is 0 Å². The van der Waals surface area contributed by atoms with Gasteiger partial charge in [0.25, 0.3) is 20.9 Å². The molecule has 1 unspecified atom stereocenters. The molecule has 1 amide bonds. The van der Waals surface area contributed by atoms with Crippen molar-refractivity contribution in [2.75, 3.05) is 12.4 Å². The van der Waals surface area contributed by atoms with E-state index in [1.165, 1.54) is 13.1 Å². The fraction of sp³-hybridized carbons (Fsp3) is 0.222. The predicted octanol–water partition coefficient (Wildman–Crippen LogP) is -0.101. The Labute approximate surface area is 92.4 Å². The molecular formula is C9H10N2O4S. The standard InChI is InChI=1S/C9H10N2O4S/c1-10-9(16(13,14)15)6-4-2-3-5-7(6)11-8(9)12/h2-5,10H,1H3,(H,11,12)(H,13,14,15). The smallest absolute Gasteiger partial charge is 0.298 e. The lowest BCUT2D eigenvalue weighted by molar-refractivity contribution is -0.119. The van der Waals surface area contributed by atoms with E-state index >= 15 is 0 Å². The van der Waals surface area contributed by atoms with E-state index in [2.05, 4.69) is 10.6 Å². The van der Waals surface area contributed by atoms with Crippen molar-refractivity contribution < 1.29 is 17.8 Å². The van der Waals surface area contributed by atoms with Gasteiger partial charge in [-0.15, -0.1) is 0 Å². The first-order valence-corrected chi connectivity index (χ1v) is 5.94. The molecule has 1 heterocycles. The normalized spacial score (nSPS) is 24.0. The van der Waals surface area contributed by atoms with Crippen LogP contribution in [0.2, 0.25) is 0 Å². The Kier molecular flexibility index (Phi) is 2.26. The number of likely N-dealkylation sites (N-methyl/N-ethyl adjacent to an activating group) is 1. The number of benzene rings is 1. The van der Waals surface area contributed by atoms with Crippen molar-refractivity contribution in [2.24, 2.45) is 0 Å². The zero-order valence-electron chi connectivity index (χ0n) is 8.39. The van der Waals surface area contributed by atoms with Crippen LogP contribution in [0.3, 0.4) is 0 Å². The van der Waals surface area contributed by atoms with Crippen molar-refractivity contribution in [3.63, 3.8) is 0 Å². The third-order valence-electron chi connectivity index (χ3n) is 2.61. The number of hydrogen-bond donors (Lipinski definition) is 3. The Morgan fingerprint density at radius 3 is 2.56 bits per heavy atom. The van der Waals surface area contributed by atoms with Crippen LogP contribution >= 0.6 is 0 Å². The molecule has 1 aromatic rings. The molecule has 7 heteroatoms. The van der Waals surface area contributed by atoms with Gasteiger partial charge >= 0.3 is 0 Å². The Balaban J connectivity index is 2.78. The maximum Gasteiger partial charge on any atom is 0.298 e. The molecule has 6 nitrogen and oxygen atoms in total. The van der Waals surface area contributed by atoms with Crippen molar-refractivity contribution in [2.45, 2.75) is 4.87 Å². The van der Waals surface area contributed by atoms with E-state index < -0.39 is 20.9 Å². The fourth-order valence-corrected chi connectivity index (χ4v) is 2.86. The minimum atomic E-state index is -4.60. The molecule has 0 radical (unpaired) electrons. The van der Waals surface area contributed by atoms with Gasteiger partial charge in [-0.2, -0.15) is 8.42 Å². The number of anilines is 1. The molecule has 0 saturated carbocycles. The van der Waals surface area contributed by atoms with E-state index in [-0.39, 0.29) is 5.56 Å². The first kappa shape index (κ1) is 11.1. The van der Waals surface area contributed by atoms with Gasteiger partial charge in [-0.05, 0) is 13.1 Å². The van der Waals surface area contributed by atoms with Gasteiger partial charge in [-0.25, -0.2) is 0 Å². The number of rotatable bonds is 2. The van der Waals surface area contributed by atoms with Gasteiger partial charge in [0, 0.05) is 11.3 Å². The number of hydrogen-bond acceptors (Lipinski definition) is 4. The van der Waals surface area contributed by atoms with E-state index in [1.807, 2.05) is 0 Å².